The van der Waals surface area contributed by atoms with Crippen molar-refractivity contribution in [1.29, 1.82) is 0 Å². The van der Waals surface area contributed by atoms with E-state index in [4.69, 9.17) is 10.5 Å². The first kappa shape index (κ1) is 14.3. The molecular weight excluding hydrogens is 276 g/mol. The van der Waals surface area contributed by atoms with Crippen LogP contribution in [0, 0.1) is 0 Å². The number of ether oxygens (including phenoxy) is 1. The fourth-order valence-corrected chi connectivity index (χ4v) is 2.70. The summed E-state index contributed by atoms with van der Waals surface area (Å²) in [7, 11) is 0. The van der Waals surface area contributed by atoms with Crippen molar-refractivity contribution in [3.8, 4) is 11.5 Å². The van der Waals surface area contributed by atoms with Crippen molar-refractivity contribution in [1.82, 2.24) is 4.57 Å². The molecule has 22 heavy (non-hydrogen) atoms. The quantitative estimate of drug-likeness (QED) is 0.713. The standard InChI is InChI=1S/C18H20N2O2/c1-12(2)20-10-13(18-14(19)6-5-7-15(18)20)11-22-17-9-4-3-8-16(17)21/h3-10,12,21H,11,19H2,1-2H3. The molecule has 3 N–H and O–H groups in total. The van der Waals surface area contributed by atoms with Crippen LogP contribution in [0.2, 0.25) is 0 Å². The molecule has 0 aliphatic rings. The highest BCUT2D eigenvalue weighted by atomic mass is 16.5. The Bertz CT molecular complexity index is 806. The molecule has 0 unspecified atom stereocenters. The highest BCUT2D eigenvalue weighted by Crippen LogP contribution is 2.31. The molecule has 1 aromatic heterocycles. The van der Waals surface area contributed by atoms with E-state index in [0.29, 0.717) is 18.4 Å². The van der Waals surface area contributed by atoms with E-state index < -0.39 is 0 Å². The molecular formula is C18H20N2O2. The Morgan fingerprint density at radius 1 is 1.14 bits per heavy atom. The third-order valence-electron chi connectivity index (χ3n) is 3.77. The zero-order chi connectivity index (χ0) is 15.7. The van der Waals surface area contributed by atoms with E-state index >= 15 is 0 Å². The van der Waals surface area contributed by atoms with Crippen molar-refractivity contribution < 1.29 is 9.84 Å². The molecule has 0 aliphatic heterocycles. The first-order valence-electron chi connectivity index (χ1n) is 7.36. The van der Waals surface area contributed by atoms with Crippen LogP contribution in [-0.4, -0.2) is 9.67 Å². The minimum Gasteiger partial charge on any atom is -0.504 e. The number of para-hydroxylation sites is 2. The Balaban J connectivity index is 1.99. The lowest BCUT2D eigenvalue weighted by Crippen LogP contribution is -1.98. The second kappa shape index (κ2) is 5.64. The predicted molar refractivity (Wildman–Crippen MR) is 89.2 cm³/mol. The van der Waals surface area contributed by atoms with Crippen LogP contribution >= 0.6 is 0 Å². The van der Waals surface area contributed by atoms with Gasteiger partial charge in [-0.1, -0.05) is 18.2 Å². The van der Waals surface area contributed by atoms with Gasteiger partial charge in [-0.15, -0.1) is 0 Å². The van der Waals surface area contributed by atoms with Crippen molar-refractivity contribution in [2.75, 3.05) is 5.73 Å². The molecule has 2 aromatic carbocycles. The predicted octanol–water partition coefficient (Wildman–Crippen LogP) is 4.09. The number of nitrogens with two attached hydrogens (primary N) is 1. The summed E-state index contributed by atoms with van der Waals surface area (Å²) in [6, 6.07) is 13.2. The van der Waals surface area contributed by atoms with Crippen LogP contribution in [-0.2, 0) is 6.61 Å². The fraction of sp³-hybridized carbons (Fsp3) is 0.222. The molecule has 1 heterocycles. The van der Waals surface area contributed by atoms with Gasteiger partial charge in [0.05, 0.1) is 5.52 Å². The minimum absolute atomic E-state index is 0.142. The second-order valence-electron chi connectivity index (χ2n) is 5.65. The van der Waals surface area contributed by atoms with Gasteiger partial charge in [0.2, 0.25) is 0 Å². The van der Waals surface area contributed by atoms with Crippen molar-refractivity contribution >= 4 is 16.6 Å². The molecule has 0 saturated carbocycles. The van der Waals surface area contributed by atoms with E-state index in [1.54, 1.807) is 18.2 Å². The summed E-state index contributed by atoms with van der Waals surface area (Å²) in [6.45, 7) is 4.63. The Morgan fingerprint density at radius 2 is 1.91 bits per heavy atom. The molecule has 114 valence electrons. The SMILES string of the molecule is CC(C)n1cc(COc2ccccc2O)c2c(N)cccc21. The smallest absolute Gasteiger partial charge is 0.161 e. The number of phenols is 1. The number of nitrogens with zero attached hydrogens (tertiary/aromatic N) is 1. The normalized spacial score (nSPS) is 11.2. The molecule has 0 bridgehead atoms. The van der Waals surface area contributed by atoms with E-state index in [1.165, 1.54) is 0 Å². The number of hydrogen-bond donors (Lipinski definition) is 2. The summed E-state index contributed by atoms with van der Waals surface area (Å²) in [5.74, 6) is 0.616. The number of hydrogen-bond acceptors (Lipinski definition) is 3. The second-order valence-corrected chi connectivity index (χ2v) is 5.65. The van der Waals surface area contributed by atoms with Gasteiger partial charge in [-0.2, -0.15) is 0 Å². The van der Waals surface area contributed by atoms with Crippen LogP contribution in [0.5, 0.6) is 11.5 Å². The van der Waals surface area contributed by atoms with E-state index in [9.17, 15) is 5.11 Å². The summed E-state index contributed by atoms with van der Waals surface area (Å²) >= 11 is 0. The zero-order valence-corrected chi connectivity index (χ0v) is 12.8. The van der Waals surface area contributed by atoms with Gasteiger partial charge in [-0.3, -0.25) is 0 Å². The summed E-state index contributed by atoms with van der Waals surface area (Å²) < 4.78 is 7.95. The lowest BCUT2D eigenvalue weighted by Gasteiger charge is -2.08. The van der Waals surface area contributed by atoms with Gasteiger partial charge < -0.3 is 20.1 Å². The molecule has 0 atom stereocenters. The molecule has 0 saturated heterocycles. The van der Waals surface area contributed by atoms with Crippen LogP contribution in [0.4, 0.5) is 5.69 Å². The highest BCUT2D eigenvalue weighted by Gasteiger charge is 2.13. The maximum atomic E-state index is 9.79. The fourth-order valence-electron chi connectivity index (χ4n) is 2.70. The molecule has 0 fully saturated rings. The van der Waals surface area contributed by atoms with Crippen LogP contribution < -0.4 is 10.5 Å². The maximum absolute atomic E-state index is 9.79. The topological polar surface area (TPSA) is 60.4 Å². The molecule has 0 spiro atoms. The molecule has 4 nitrogen and oxygen atoms in total. The van der Waals surface area contributed by atoms with Gasteiger partial charge in [0, 0.05) is 28.9 Å². The minimum atomic E-state index is 0.142. The Kier molecular flexibility index (Phi) is 3.67. The Labute approximate surface area is 129 Å². The van der Waals surface area contributed by atoms with Crippen molar-refractivity contribution in [3.63, 3.8) is 0 Å². The number of benzene rings is 2. The molecule has 4 heteroatoms. The van der Waals surface area contributed by atoms with Crippen molar-refractivity contribution in [2.45, 2.75) is 26.5 Å². The van der Waals surface area contributed by atoms with Gasteiger partial charge in [-0.05, 0) is 38.1 Å². The third-order valence-corrected chi connectivity index (χ3v) is 3.77. The van der Waals surface area contributed by atoms with Crippen molar-refractivity contribution in [2.24, 2.45) is 0 Å². The number of nitrogen functional groups attached to an aromatic ring is 1. The van der Waals surface area contributed by atoms with Gasteiger partial charge in [0.15, 0.2) is 11.5 Å². The molecule has 0 amide bonds. The van der Waals surface area contributed by atoms with Crippen LogP contribution in [0.1, 0.15) is 25.5 Å². The Morgan fingerprint density at radius 3 is 2.64 bits per heavy atom. The zero-order valence-electron chi connectivity index (χ0n) is 12.8. The molecule has 0 aliphatic carbocycles. The van der Waals surface area contributed by atoms with Crippen molar-refractivity contribution in [3.05, 3.63) is 54.2 Å². The number of aromatic hydroxyl groups is 1. The van der Waals surface area contributed by atoms with E-state index in [1.807, 2.05) is 18.2 Å². The first-order valence-corrected chi connectivity index (χ1v) is 7.36. The number of anilines is 1. The monoisotopic (exact) mass is 296 g/mol. The average Bonchev–Trinajstić information content (AvgIpc) is 2.87. The van der Waals surface area contributed by atoms with Gasteiger partial charge in [0.25, 0.3) is 0 Å². The number of phenolic OH excluding ortho intramolecular Hbond substituents is 1. The lowest BCUT2D eigenvalue weighted by atomic mass is 10.1. The van der Waals surface area contributed by atoms with Crippen LogP contribution in [0.3, 0.4) is 0 Å². The summed E-state index contributed by atoms with van der Waals surface area (Å²) in [4.78, 5) is 0. The summed E-state index contributed by atoms with van der Waals surface area (Å²) in [6.07, 6.45) is 2.08. The number of fused-ring (bicyclic) bond motifs is 1. The van der Waals surface area contributed by atoms with Crippen LogP contribution in [0.15, 0.2) is 48.7 Å². The maximum Gasteiger partial charge on any atom is 0.161 e. The summed E-state index contributed by atoms with van der Waals surface area (Å²) in [5.41, 5.74) is 9.02. The van der Waals surface area contributed by atoms with Gasteiger partial charge in [0.1, 0.15) is 6.61 Å². The van der Waals surface area contributed by atoms with Crippen LogP contribution in [0.25, 0.3) is 10.9 Å². The van der Waals surface area contributed by atoms with Gasteiger partial charge >= 0.3 is 0 Å². The number of rotatable bonds is 4. The molecule has 3 rings (SSSR count). The third kappa shape index (κ3) is 2.48. The molecule has 3 aromatic rings. The lowest BCUT2D eigenvalue weighted by molar-refractivity contribution is 0.290. The molecule has 0 radical (unpaired) electrons. The van der Waals surface area contributed by atoms with E-state index in [-0.39, 0.29) is 5.75 Å². The summed E-state index contributed by atoms with van der Waals surface area (Å²) in [5, 5.41) is 10.8. The largest absolute Gasteiger partial charge is 0.504 e. The first-order chi connectivity index (χ1) is 10.6. The Hall–Kier alpha value is -2.62. The average molecular weight is 296 g/mol. The number of aromatic nitrogens is 1. The van der Waals surface area contributed by atoms with E-state index in [2.05, 4.69) is 30.7 Å². The van der Waals surface area contributed by atoms with Gasteiger partial charge in [-0.25, -0.2) is 0 Å². The highest BCUT2D eigenvalue weighted by molar-refractivity contribution is 5.94. The van der Waals surface area contributed by atoms with E-state index in [0.717, 1.165) is 22.2 Å².